The van der Waals surface area contributed by atoms with E-state index in [2.05, 4.69) is 22.1 Å². The van der Waals surface area contributed by atoms with Gasteiger partial charge in [0.05, 0.1) is 5.69 Å². The summed E-state index contributed by atoms with van der Waals surface area (Å²) in [5, 5.41) is 1.05. The maximum atomic E-state index is 12.1. The van der Waals surface area contributed by atoms with E-state index in [9.17, 15) is 4.79 Å². The summed E-state index contributed by atoms with van der Waals surface area (Å²) in [5.74, 6) is 0.458. The molecule has 0 aliphatic carbocycles. The van der Waals surface area contributed by atoms with E-state index in [0.29, 0.717) is 5.92 Å². The molecule has 1 fully saturated rings. The van der Waals surface area contributed by atoms with Gasteiger partial charge in [0.25, 0.3) is 0 Å². The van der Waals surface area contributed by atoms with Gasteiger partial charge in [-0.25, -0.2) is 14.8 Å². The molecule has 0 radical (unpaired) electrons. The Morgan fingerprint density at radius 3 is 2.72 bits per heavy atom. The number of carbonyl (C=O) groups excluding carboxylic acids is 1. The standard InChI is InChI=1S/C20H25N3O2/c1-20(2,3)25-19(24)23-13-10-15(11-14-23)6-8-17-9-7-16-5-4-12-21-18(16)22-17/h4-9,12,15H,10-11,13-14H2,1-3H3/b8-6+. The van der Waals surface area contributed by atoms with Crippen LogP contribution in [0.4, 0.5) is 4.79 Å². The van der Waals surface area contributed by atoms with E-state index in [1.54, 1.807) is 11.1 Å². The highest BCUT2D eigenvalue weighted by atomic mass is 16.6. The number of pyridine rings is 2. The summed E-state index contributed by atoms with van der Waals surface area (Å²) in [6, 6.07) is 7.98. The lowest BCUT2D eigenvalue weighted by molar-refractivity contribution is 0.0197. The molecule has 3 rings (SSSR count). The molecule has 1 saturated heterocycles. The summed E-state index contributed by atoms with van der Waals surface area (Å²) >= 11 is 0. The average Bonchev–Trinajstić information content (AvgIpc) is 2.59. The first-order valence-electron chi connectivity index (χ1n) is 8.79. The number of carbonyl (C=O) groups is 1. The molecule has 0 atom stereocenters. The fourth-order valence-corrected chi connectivity index (χ4v) is 2.90. The van der Waals surface area contributed by atoms with Gasteiger partial charge in [0.2, 0.25) is 0 Å². The van der Waals surface area contributed by atoms with Crippen LogP contribution in [0.3, 0.4) is 0 Å². The molecule has 0 aromatic carbocycles. The van der Waals surface area contributed by atoms with Crippen LogP contribution in [0.15, 0.2) is 36.5 Å². The molecule has 3 heterocycles. The van der Waals surface area contributed by atoms with E-state index in [1.165, 1.54) is 0 Å². The van der Waals surface area contributed by atoms with E-state index in [-0.39, 0.29) is 6.09 Å². The highest BCUT2D eigenvalue weighted by Gasteiger charge is 2.25. The Balaban J connectivity index is 1.56. The zero-order chi connectivity index (χ0) is 17.9. The van der Waals surface area contributed by atoms with Crippen LogP contribution in [0, 0.1) is 5.92 Å². The molecule has 2 aromatic heterocycles. The van der Waals surface area contributed by atoms with Crippen molar-refractivity contribution < 1.29 is 9.53 Å². The van der Waals surface area contributed by atoms with Crippen LogP contribution in [-0.2, 0) is 4.74 Å². The normalized spacial score (nSPS) is 16.5. The van der Waals surface area contributed by atoms with Gasteiger partial charge in [-0.05, 0) is 69.9 Å². The molecule has 0 bridgehead atoms. The molecular weight excluding hydrogens is 314 g/mol. The Morgan fingerprint density at radius 1 is 1.24 bits per heavy atom. The van der Waals surface area contributed by atoms with Gasteiger partial charge in [-0.3, -0.25) is 0 Å². The van der Waals surface area contributed by atoms with E-state index in [1.807, 2.05) is 45.0 Å². The fourth-order valence-electron chi connectivity index (χ4n) is 2.90. The third-order valence-corrected chi connectivity index (χ3v) is 4.22. The number of hydrogen-bond acceptors (Lipinski definition) is 4. The van der Waals surface area contributed by atoms with Crippen molar-refractivity contribution in [1.29, 1.82) is 0 Å². The molecule has 5 heteroatoms. The van der Waals surface area contributed by atoms with Crippen LogP contribution in [0.25, 0.3) is 17.1 Å². The average molecular weight is 339 g/mol. The quantitative estimate of drug-likeness (QED) is 0.819. The smallest absolute Gasteiger partial charge is 0.410 e. The molecule has 0 N–H and O–H groups in total. The molecule has 1 aliphatic heterocycles. The van der Waals surface area contributed by atoms with Gasteiger partial charge in [-0.15, -0.1) is 0 Å². The fraction of sp³-hybridized carbons (Fsp3) is 0.450. The summed E-state index contributed by atoms with van der Waals surface area (Å²) in [7, 11) is 0. The zero-order valence-corrected chi connectivity index (χ0v) is 15.1. The lowest BCUT2D eigenvalue weighted by atomic mass is 9.96. The predicted molar refractivity (Wildman–Crippen MR) is 99.1 cm³/mol. The van der Waals surface area contributed by atoms with Crippen LogP contribution in [0.1, 0.15) is 39.3 Å². The van der Waals surface area contributed by atoms with Crippen molar-refractivity contribution in [3.05, 3.63) is 42.2 Å². The first kappa shape index (κ1) is 17.4. The van der Waals surface area contributed by atoms with Crippen molar-refractivity contribution in [2.45, 2.75) is 39.2 Å². The number of allylic oxidation sites excluding steroid dienone is 1. The number of piperidine rings is 1. The molecule has 0 spiro atoms. The number of rotatable bonds is 2. The Bertz CT molecular complexity index is 772. The number of amides is 1. The molecule has 1 amide bonds. The Kier molecular flexibility index (Phi) is 5.02. The van der Waals surface area contributed by atoms with Gasteiger partial charge >= 0.3 is 6.09 Å². The van der Waals surface area contributed by atoms with Crippen LogP contribution < -0.4 is 0 Å². The monoisotopic (exact) mass is 339 g/mol. The summed E-state index contributed by atoms with van der Waals surface area (Å²) < 4.78 is 5.43. The molecule has 5 nitrogen and oxygen atoms in total. The van der Waals surface area contributed by atoms with Crippen LogP contribution in [-0.4, -0.2) is 39.7 Å². The molecular formula is C20H25N3O2. The number of ether oxygens (including phenoxy) is 1. The van der Waals surface area contributed by atoms with Crippen molar-refractivity contribution in [1.82, 2.24) is 14.9 Å². The molecule has 132 valence electrons. The topological polar surface area (TPSA) is 55.3 Å². The first-order chi connectivity index (χ1) is 11.9. The molecule has 2 aromatic rings. The maximum Gasteiger partial charge on any atom is 0.410 e. The summed E-state index contributed by atoms with van der Waals surface area (Å²) in [5.41, 5.74) is 1.24. The minimum Gasteiger partial charge on any atom is -0.444 e. The van der Waals surface area contributed by atoms with Gasteiger partial charge < -0.3 is 9.64 Å². The second-order valence-electron chi connectivity index (χ2n) is 7.45. The molecule has 0 unspecified atom stereocenters. The molecule has 0 saturated carbocycles. The zero-order valence-electron chi connectivity index (χ0n) is 15.1. The highest BCUT2D eigenvalue weighted by Crippen LogP contribution is 2.21. The van der Waals surface area contributed by atoms with Crippen molar-refractivity contribution in [2.24, 2.45) is 5.92 Å². The number of nitrogens with zero attached hydrogens (tertiary/aromatic N) is 3. The van der Waals surface area contributed by atoms with Crippen molar-refractivity contribution in [2.75, 3.05) is 13.1 Å². The second kappa shape index (κ2) is 7.21. The third-order valence-electron chi connectivity index (χ3n) is 4.22. The second-order valence-corrected chi connectivity index (χ2v) is 7.45. The van der Waals surface area contributed by atoms with Crippen molar-refractivity contribution >= 4 is 23.2 Å². The Hall–Kier alpha value is -2.43. The van der Waals surface area contributed by atoms with Gasteiger partial charge in [0.1, 0.15) is 5.60 Å². The van der Waals surface area contributed by atoms with E-state index in [4.69, 9.17) is 4.74 Å². The van der Waals surface area contributed by atoms with E-state index >= 15 is 0 Å². The lowest BCUT2D eigenvalue weighted by Gasteiger charge is -2.32. The largest absolute Gasteiger partial charge is 0.444 e. The number of hydrogen-bond donors (Lipinski definition) is 0. The third kappa shape index (κ3) is 4.78. The minimum atomic E-state index is -0.441. The summed E-state index contributed by atoms with van der Waals surface area (Å²) in [6.07, 6.45) is 7.70. The van der Waals surface area contributed by atoms with Crippen molar-refractivity contribution in [3.8, 4) is 0 Å². The van der Waals surface area contributed by atoms with Gasteiger partial charge in [0, 0.05) is 24.7 Å². The maximum absolute atomic E-state index is 12.1. The van der Waals surface area contributed by atoms with E-state index in [0.717, 1.165) is 42.7 Å². The first-order valence-corrected chi connectivity index (χ1v) is 8.79. The van der Waals surface area contributed by atoms with Gasteiger partial charge in [-0.1, -0.05) is 6.08 Å². The number of fused-ring (bicyclic) bond motifs is 1. The number of likely N-dealkylation sites (tertiary alicyclic amines) is 1. The predicted octanol–water partition coefficient (Wildman–Crippen LogP) is 4.29. The summed E-state index contributed by atoms with van der Waals surface area (Å²) in [6.45, 7) is 7.15. The lowest BCUT2D eigenvalue weighted by Crippen LogP contribution is -2.41. The van der Waals surface area contributed by atoms with Crippen LogP contribution >= 0.6 is 0 Å². The van der Waals surface area contributed by atoms with Crippen LogP contribution in [0.5, 0.6) is 0 Å². The SMILES string of the molecule is CC(C)(C)OC(=O)N1CCC(/C=C/c2ccc3cccnc3n2)CC1. The Morgan fingerprint density at radius 2 is 2.00 bits per heavy atom. The number of aromatic nitrogens is 2. The molecule has 1 aliphatic rings. The van der Waals surface area contributed by atoms with Gasteiger partial charge in [-0.2, -0.15) is 0 Å². The van der Waals surface area contributed by atoms with E-state index < -0.39 is 5.60 Å². The molecule has 25 heavy (non-hydrogen) atoms. The van der Waals surface area contributed by atoms with Crippen molar-refractivity contribution in [3.63, 3.8) is 0 Å². The Labute approximate surface area is 148 Å². The summed E-state index contributed by atoms with van der Waals surface area (Å²) in [4.78, 5) is 22.7. The van der Waals surface area contributed by atoms with Gasteiger partial charge in [0.15, 0.2) is 5.65 Å². The highest BCUT2D eigenvalue weighted by molar-refractivity contribution is 5.75. The van der Waals surface area contributed by atoms with Crippen LogP contribution in [0.2, 0.25) is 0 Å². The minimum absolute atomic E-state index is 0.211.